The Bertz CT molecular complexity index is 1300. The van der Waals surface area contributed by atoms with Crippen molar-refractivity contribution in [3.05, 3.63) is 90.3 Å². The van der Waals surface area contributed by atoms with Gasteiger partial charge in [0.05, 0.1) is 0 Å². The van der Waals surface area contributed by atoms with Crippen molar-refractivity contribution in [2.75, 3.05) is 20.1 Å². The Morgan fingerprint density at radius 1 is 1.09 bits per heavy atom. The lowest BCUT2D eigenvalue weighted by Gasteiger charge is -2.39. The van der Waals surface area contributed by atoms with Crippen LogP contribution >= 0.6 is 0 Å². The average molecular weight is 443 g/mol. The number of hydrogen-bond donors (Lipinski definition) is 0. The van der Waals surface area contributed by atoms with Gasteiger partial charge in [0, 0.05) is 45.1 Å². The summed E-state index contributed by atoms with van der Waals surface area (Å²) in [6.07, 6.45) is 5.37. The predicted molar refractivity (Wildman–Crippen MR) is 121 cm³/mol. The van der Waals surface area contributed by atoms with Gasteiger partial charge in [-0.1, -0.05) is 36.4 Å². The van der Waals surface area contributed by atoms with E-state index in [4.69, 9.17) is 0 Å². The smallest absolute Gasteiger partial charge is 0.274 e. The molecule has 2 amide bonds. The normalized spacial score (nSPS) is 16.4. The minimum Gasteiger partial charge on any atom is -0.342 e. The molecule has 1 fully saturated rings. The maximum absolute atomic E-state index is 13.4. The molecule has 166 valence electrons. The summed E-state index contributed by atoms with van der Waals surface area (Å²) in [5, 5.41) is 0. The molecule has 0 N–H and O–H groups in total. The number of piperazine rings is 1. The van der Waals surface area contributed by atoms with Crippen LogP contribution in [0.4, 0.5) is 4.39 Å². The highest BCUT2D eigenvalue weighted by Gasteiger charge is 2.37. The zero-order chi connectivity index (χ0) is 22.9. The molecule has 33 heavy (non-hydrogen) atoms. The fraction of sp³-hybridized carbons (Fsp3) is 0.200. The van der Waals surface area contributed by atoms with Gasteiger partial charge < -0.3 is 9.80 Å². The topological polar surface area (TPSA) is 70.8 Å². The lowest BCUT2D eigenvalue weighted by molar-refractivity contribution is -0.138. The van der Waals surface area contributed by atoms with E-state index >= 15 is 0 Å². The minimum atomic E-state index is -0.671. The summed E-state index contributed by atoms with van der Waals surface area (Å²) < 4.78 is 15.1. The second-order valence-corrected chi connectivity index (χ2v) is 8.10. The van der Waals surface area contributed by atoms with E-state index in [0.717, 1.165) is 16.7 Å². The maximum atomic E-state index is 13.4. The monoisotopic (exact) mass is 443 g/mol. The van der Waals surface area contributed by atoms with Gasteiger partial charge in [-0.15, -0.1) is 0 Å². The fourth-order valence-electron chi connectivity index (χ4n) is 4.25. The van der Waals surface area contributed by atoms with E-state index in [9.17, 15) is 14.0 Å². The van der Waals surface area contributed by atoms with Gasteiger partial charge in [0.2, 0.25) is 11.7 Å². The van der Waals surface area contributed by atoms with Crippen molar-refractivity contribution >= 4 is 17.6 Å². The summed E-state index contributed by atoms with van der Waals surface area (Å²) in [6, 6.07) is 15.1. The molecule has 0 bridgehead atoms. The zero-order valence-corrected chi connectivity index (χ0v) is 18.1. The predicted octanol–water partition coefficient (Wildman–Crippen LogP) is 3.06. The Hall–Kier alpha value is -4.07. The Labute approximate surface area is 190 Å². The first-order valence-corrected chi connectivity index (χ1v) is 10.7. The molecule has 1 aliphatic rings. The van der Waals surface area contributed by atoms with Crippen LogP contribution in [-0.2, 0) is 11.2 Å². The van der Waals surface area contributed by atoms with E-state index in [1.807, 2.05) is 24.3 Å². The van der Waals surface area contributed by atoms with E-state index in [0.29, 0.717) is 25.3 Å². The molecule has 0 aliphatic carbocycles. The molecule has 8 heteroatoms. The number of aromatic nitrogens is 3. The molecular formula is C25H22FN5O2. The van der Waals surface area contributed by atoms with Gasteiger partial charge in [-0.3, -0.25) is 14.0 Å². The van der Waals surface area contributed by atoms with Crippen molar-refractivity contribution in [1.29, 1.82) is 0 Å². The molecule has 1 aliphatic heterocycles. The molecular weight excluding hydrogens is 421 g/mol. The SMILES string of the molecule is CN1CCN(C(=O)c2cn3cccnc3n2)[C@H](Cc2ccccc2-c2ccc(F)cc2)C1=O. The highest BCUT2D eigenvalue weighted by atomic mass is 19.1. The van der Waals surface area contributed by atoms with E-state index in [1.54, 1.807) is 58.0 Å². The van der Waals surface area contributed by atoms with Crippen molar-refractivity contribution < 1.29 is 14.0 Å². The molecule has 3 heterocycles. The number of imidazole rings is 1. The van der Waals surface area contributed by atoms with Crippen LogP contribution in [0.1, 0.15) is 16.1 Å². The largest absolute Gasteiger partial charge is 0.342 e. The van der Waals surface area contributed by atoms with Gasteiger partial charge in [0.25, 0.3) is 5.91 Å². The van der Waals surface area contributed by atoms with Crippen LogP contribution in [0, 0.1) is 5.82 Å². The van der Waals surface area contributed by atoms with Crippen LogP contribution in [0.25, 0.3) is 16.9 Å². The van der Waals surface area contributed by atoms with Crippen LogP contribution in [-0.4, -0.2) is 62.2 Å². The molecule has 0 saturated carbocycles. The lowest BCUT2D eigenvalue weighted by Crippen LogP contribution is -2.58. The number of amides is 2. The number of fused-ring (bicyclic) bond motifs is 1. The molecule has 2 aromatic heterocycles. The number of halogens is 1. The second kappa shape index (κ2) is 8.46. The molecule has 1 saturated heterocycles. The van der Waals surface area contributed by atoms with Crippen LogP contribution in [0.2, 0.25) is 0 Å². The van der Waals surface area contributed by atoms with Crippen LogP contribution in [0.5, 0.6) is 0 Å². The van der Waals surface area contributed by atoms with Crippen LogP contribution in [0.3, 0.4) is 0 Å². The third-order valence-electron chi connectivity index (χ3n) is 6.02. The van der Waals surface area contributed by atoms with Gasteiger partial charge in [-0.2, -0.15) is 0 Å². The summed E-state index contributed by atoms with van der Waals surface area (Å²) in [7, 11) is 1.75. The van der Waals surface area contributed by atoms with Crippen molar-refractivity contribution in [3.63, 3.8) is 0 Å². The molecule has 0 unspecified atom stereocenters. The first-order valence-electron chi connectivity index (χ1n) is 10.7. The maximum Gasteiger partial charge on any atom is 0.274 e. The number of carbonyl (C=O) groups excluding carboxylic acids is 2. The van der Waals surface area contributed by atoms with Crippen LogP contribution in [0.15, 0.2) is 73.2 Å². The highest BCUT2D eigenvalue weighted by molar-refractivity contribution is 5.97. The molecule has 7 nitrogen and oxygen atoms in total. The summed E-state index contributed by atoms with van der Waals surface area (Å²) in [4.78, 5) is 38.4. The lowest BCUT2D eigenvalue weighted by atomic mass is 9.93. The van der Waals surface area contributed by atoms with E-state index in [1.165, 1.54) is 12.1 Å². The van der Waals surface area contributed by atoms with Crippen molar-refractivity contribution in [2.45, 2.75) is 12.5 Å². The van der Waals surface area contributed by atoms with Gasteiger partial charge in [-0.05, 0) is 34.9 Å². The second-order valence-electron chi connectivity index (χ2n) is 8.10. The van der Waals surface area contributed by atoms with E-state index < -0.39 is 6.04 Å². The Kier molecular flexibility index (Phi) is 5.34. The Balaban J connectivity index is 1.49. The Morgan fingerprint density at radius 3 is 2.67 bits per heavy atom. The molecule has 0 radical (unpaired) electrons. The summed E-state index contributed by atoms with van der Waals surface area (Å²) in [5.41, 5.74) is 2.92. The quantitative estimate of drug-likeness (QED) is 0.486. The highest BCUT2D eigenvalue weighted by Crippen LogP contribution is 2.27. The first-order chi connectivity index (χ1) is 16.0. The number of nitrogens with zero attached hydrogens (tertiary/aromatic N) is 5. The molecule has 0 spiro atoms. The minimum absolute atomic E-state index is 0.120. The third-order valence-corrected chi connectivity index (χ3v) is 6.02. The third kappa shape index (κ3) is 3.95. The molecule has 2 aromatic carbocycles. The van der Waals surface area contributed by atoms with Crippen LogP contribution < -0.4 is 0 Å². The number of hydrogen-bond acceptors (Lipinski definition) is 4. The Morgan fingerprint density at radius 2 is 1.88 bits per heavy atom. The summed E-state index contributed by atoms with van der Waals surface area (Å²) in [6.45, 7) is 0.859. The van der Waals surface area contributed by atoms with Crippen molar-refractivity contribution in [1.82, 2.24) is 24.2 Å². The van der Waals surface area contributed by atoms with E-state index in [-0.39, 0.29) is 23.3 Å². The summed E-state index contributed by atoms with van der Waals surface area (Å²) in [5.74, 6) is -0.296. The number of benzene rings is 2. The summed E-state index contributed by atoms with van der Waals surface area (Å²) >= 11 is 0. The fourth-order valence-corrected chi connectivity index (χ4v) is 4.25. The number of rotatable bonds is 4. The first kappa shape index (κ1) is 20.8. The van der Waals surface area contributed by atoms with Gasteiger partial charge in [0.1, 0.15) is 17.6 Å². The zero-order valence-electron chi connectivity index (χ0n) is 18.1. The molecule has 1 atom stereocenters. The van der Waals surface area contributed by atoms with Gasteiger partial charge >= 0.3 is 0 Å². The van der Waals surface area contributed by atoms with Gasteiger partial charge in [-0.25, -0.2) is 14.4 Å². The average Bonchev–Trinajstić information content (AvgIpc) is 3.27. The van der Waals surface area contributed by atoms with Crippen molar-refractivity contribution in [2.24, 2.45) is 0 Å². The molecule has 5 rings (SSSR count). The van der Waals surface area contributed by atoms with Gasteiger partial charge in [0.15, 0.2) is 0 Å². The van der Waals surface area contributed by atoms with E-state index in [2.05, 4.69) is 9.97 Å². The standard InChI is InChI=1S/C25H22FN5O2/c1-29-13-14-31(23(32)21-16-30-12-4-11-27-25(30)28-21)22(24(29)33)15-18-5-2-3-6-20(18)17-7-9-19(26)10-8-17/h2-12,16,22H,13-15H2,1H3/t22-/m1/s1. The number of likely N-dealkylation sites (N-methyl/N-ethyl adjacent to an activating group) is 1. The molecule has 4 aromatic rings. The number of carbonyl (C=O) groups is 2. The van der Waals surface area contributed by atoms with Crippen molar-refractivity contribution in [3.8, 4) is 11.1 Å².